The van der Waals surface area contributed by atoms with Crippen LogP contribution in [0, 0.1) is 0 Å². The molecule has 0 fully saturated rings. The van der Waals surface area contributed by atoms with Crippen molar-refractivity contribution in [1.82, 2.24) is 0 Å². The van der Waals surface area contributed by atoms with Gasteiger partial charge in [0, 0.05) is 6.61 Å². The van der Waals surface area contributed by atoms with Gasteiger partial charge in [-0.1, -0.05) is 13.0 Å². The molecule has 8 heteroatoms. The zero-order chi connectivity index (χ0) is 16.2. The summed E-state index contributed by atoms with van der Waals surface area (Å²) in [6.45, 7) is 2.78. The molecule has 0 bridgehead atoms. The normalized spacial score (nSPS) is 9.91. The molecule has 1 aromatic rings. The van der Waals surface area contributed by atoms with E-state index in [4.69, 9.17) is 9.47 Å². The molecule has 0 amide bonds. The first-order chi connectivity index (χ1) is 10.7. The van der Waals surface area contributed by atoms with Crippen molar-refractivity contribution in [3.05, 3.63) is 29.8 Å². The molecule has 0 saturated carbocycles. The van der Waals surface area contributed by atoms with E-state index in [0.717, 1.165) is 6.42 Å². The molecule has 1 aromatic carbocycles. The molecule has 0 saturated heterocycles. The topological polar surface area (TPSA) is 89.5 Å². The van der Waals surface area contributed by atoms with E-state index < -0.39 is 12.1 Å². The Bertz CT molecular complexity index is 474. The molecule has 0 N–H and O–H groups in total. The van der Waals surface area contributed by atoms with E-state index in [-0.39, 0.29) is 18.8 Å². The summed E-state index contributed by atoms with van der Waals surface area (Å²) in [5, 5.41) is 4.06. The minimum atomic E-state index is -1.14. The van der Waals surface area contributed by atoms with Gasteiger partial charge < -0.3 is 14.2 Å². The van der Waals surface area contributed by atoms with Gasteiger partial charge in [-0.2, -0.15) is 0 Å². The summed E-state index contributed by atoms with van der Waals surface area (Å²) in [6.07, 6.45) is -0.271. The molecular weight excluding hydrogens is 296 g/mol. The van der Waals surface area contributed by atoms with Crippen molar-refractivity contribution in [3.63, 3.8) is 0 Å². The minimum Gasteiger partial charge on any atom is -0.497 e. The zero-order valence-electron chi connectivity index (χ0n) is 12.4. The van der Waals surface area contributed by atoms with Gasteiger partial charge in [0.2, 0.25) is 0 Å². The summed E-state index contributed by atoms with van der Waals surface area (Å²) in [7, 11) is 1.46. The van der Waals surface area contributed by atoms with Crippen LogP contribution >= 0.6 is 0 Å². The van der Waals surface area contributed by atoms with Crippen molar-refractivity contribution in [2.75, 3.05) is 26.9 Å². The predicted molar refractivity (Wildman–Crippen MR) is 73.0 cm³/mol. The highest BCUT2D eigenvalue weighted by molar-refractivity contribution is 5.89. The molecule has 0 aliphatic carbocycles. The van der Waals surface area contributed by atoms with Crippen molar-refractivity contribution < 1.29 is 38.6 Å². The van der Waals surface area contributed by atoms with Crippen molar-refractivity contribution >= 4 is 12.1 Å². The Hall–Kier alpha value is -2.32. The molecular formula is C14H18O8. The van der Waals surface area contributed by atoms with Crippen LogP contribution in [0.1, 0.15) is 23.7 Å². The van der Waals surface area contributed by atoms with Crippen LogP contribution in [0.25, 0.3) is 0 Å². The standard InChI is InChI=1S/C14H18O8/c1-3-7-18-8-9-19-14(16)21-22-20-13(15)11-5-4-6-12(10-11)17-2/h4-6,10H,3,7-9H2,1-2H3. The summed E-state index contributed by atoms with van der Waals surface area (Å²) < 4.78 is 14.6. The average molecular weight is 314 g/mol. The van der Waals surface area contributed by atoms with Gasteiger partial charge in [-0.05, 0) is 24.6 Å². The third-order valence-corrected chi connectivity index (χ3v) is 2.31. The summed E-state index contributed by atoms with van der Waals surface area (Å²) in [6, 6.07) is 6.18. The Balaban J connectivity index is 2.20. The van der Waals surface area contributed by atoms with Gasteiger partial charge in [-0.15, -0.1) is 0 Å². The quantitative estimate of drug-likeness (QED) is 0.297. The van der Waals surface area contributed by atoms with Gasteiger partial charge in [0.05, 0.1) is 24.3 Å². The van der Waals surface area contributed by atoms with Crippen molar-refractivity contribution in [2.45, 2.75) is 13.3 Å². The van der Waals surface area contributed by atoms with E-state index in [0.29, 0.717) is 12.4 Å². The second-order valence-electron chi connectivity index (χ2n) is 3.96. The summed E-state index contributed by atoms with van der Waals surface area (Å²) in [5.41, 5.74) is 0.171. The lowest BCUT2D eigenvalue weighted by Crippen LogP contribution is -2.14. The molecule has 0 aromatic heterocycles. The lowest BCUT2D eigenvalue weighted by molar-refractivity contribution is -0.452. The van der Waals surface area contributed by atoms with Crippen LogP contribution in [0.3, 0.4) is 0 Å². The second-order valence-corrected chi connectivity index (χ2v) is 3.96. The van der Waals surface area contributed by atoms with Crippen LogP contribution in [-0.2, 0) is 24.3 Å². The molecule has 0 spiro atoms. The first-order valence-electron chi connectivity index (χ1n) is 6.61. The monoisotopic (exact) mass is 314 g/mol. The SMILES string of the molecule is CCCOCCOC(=O)OOOC(=O)c1cccc(OC)c1. The Kier molecular flexibility index (Phi) is 8.39. The fraction of sp³-hybridized carbons (Fsp3) is 0.429. The highest BCUT2D eigenvalue weighted by atomic mass is 17.5. The van der Waals surface area contributed by atoms with Crippen LogP contribution in [0.4, 0.5) is 4.79 Å². The van der Waals surface area contributed by atoms with Crippen LogP contribution in [0.5, 0.6) is 5.75 Å². The molecule has 8 nitrogen and oxygen atoms in total. The molecule has 1 rings (SSSR count). The van der Waals surface area contributed by atoms with E-state index in [1.165, 1.54) is 19.2 Å². The van der Waals surface area contributed by atoms with Gasteiger partial charge in [0.25, 0.3) is 0 Å². The smallest absolute Gasteiger partial charge is 0.497 e. The maximum absolute atomic E-state index is 11.6. The van der Waals surface area contributed by atoms with Crippen molar-refractivity contribution in [1.29, 1.82) is 0 Å². The first-order valence-corrected chi connectivity index (χ1v) is 6.61. The number of ether oxygens (including phenoxy) is 3. The number of carbonyl (C=O) groups excluding carboxylic acids is 2. The van der Waals surface area contributed by atoms with Gasteiger partial charge in [-0.3, -0.25) is 4.89 Å². The van der Waals surface area contributed by atoms with Crippen molar-refractivity contribution in [2.24, 2.45) is 0 Å². The lowest BCUT2D eigenvalue weighted by atomic mass is 10.2. The zero-order valence-corrected chi connectivity index (χ0v) is 12.4. The third-order valence-electron chi connectivity index (χ3n) is 2.31. The van der Waals surface area contributed by atoms with Crippen LogP contribution in [0.2, 0.25) is 0 Å². The van der Waals surface area contributed by atoms with Gasteiger partial charge in [-0.25, -0.2) is 14.5 Å². The maximum Gasteiger partial charge on any atom is 0.543 e. The van der Waals surface area contributed by atoms with E-state index in [2.05, 4.69) is 19.6 Å². The highest BCUT2D eigenvalue weighted by Gasteiger charge is 2.12. The number of carbonyl (C=O) groups is 2. The lowest BCUT2D eigenvalue weighted by Gasteiger charge is -2.05. The molecule has 0 atom stereocenters. The molecule has 0 unspecified atom stereocenters. The fourth-order valence-electron chi connectivity index (χ4n) is 1.33. The second kappa shape index (κ2) is 10.4. The summed E-state index contributed by atoms with van der Waals surface area (Å²) in [5.74, 6) is -0.375. The number of methoxy groups -OCH3 is 1. The highest BCUT2D eigenvalue weighted by Crippen LogP contribution is 2.13. The minimum absolute atomic E-state index is 0.00598. The van der Waals surface area contributed by atoms with Gasteiger partial charge >= 0.3 is 12.1 Å². The number of rotatable bonds is 9. The molecule has 0 aliphatic rings. The first kappa shape index (κ1) is 17.7. The Morgan fingerprint density at radius 2 is 1.91 bits per heavy atom. The Morgan fingerprint density at radius 3 is 2.64 bits per heavy atom. The maximum atomic E-state index is 11.6. The van der Waals surface area contributed by atoms with Gasteiger partial charge in [0.1, 0.15) is 12.4 Å². The number of benzene rings is 1. The Labute approximate surface area is 127 Å². The number of hydrogen-bond donors (Lipinski definition) is 0. The largest absolute Gasteiger partial charge is 0.543 e. The van der Waals surface area contributed by atoms with Crippen LogP contribution in [0.15, 0.2) is 24.3 Å². The van der Waals surface area contributed by atoms with Crippen molar-refractivity contribution in [3.8, 4) is 5.75 Å². The third kappa shape index (κ3) is 6.91. The van der Waals surface area contributed by atoms with E-state index in [1.54, 1.807) is 12.1 Å². The molecule has 0 radical (unpaired) electrons. The van der Waals surface area contributed by atoms with E-state index in [1.807, 2.05) is 6.92 Å². The summed E-state index contributed by atoms with van der Waals surface area (Å²) >= 11 is 0. The molecule has 22 heavy (non-hydrogen) atoms. The van der Waals surface area contributed by atoms with E-state index >= 15 is 0 Å². The van der Waals surface area contributed by atoms with Crippen LogP contribution in [-0.4, -0.2) is 39.1 Å². The van der Waals surface area contributed by atoms with Crippen LogP contribution < -0.4 is 4.74 Å². The molecule has 0 heterocycles. The van der Waals surface area contributed by atoms with E-state index in [9.17, 15) is 9.59 Å². The average Bonchev–Trinajstić information content (AvgIpc) is 2.54. The number of hydrogen-bond acceptors (Lipinski definition) is 8. The van der Waals surface area contributed by atoms with Gasteiger partial charge in [0.15, 0.2) is 0 Å². The molecule has 122 valence electrons. The molecule has 0 aliphatic heterocycles. The predicted octanol–water partition coefficient (Wildman–Crippen LogP) is 2.28. The Morgan fingerprint density at radius 1 is 1.09 bits per heavy atom. The summed E-state index contributed by atoms with van der Waals surface area (Å²) in [4.78, 5) is 31.0. The fourth-order valence-corrected chi connectivity index (χ4v) is 1.33.